The minimum atomic E-state index is -0.954. The van der Waals surface area contributed by atoms with Gasteiger partial charge in [0.05, 0.1) is 18.6 Å². The maximum atomic E-state index is 13.2. The molecule has 1 saturated carbocycles. The normalized spacial score (nSPS) is 39.6. The summed E-state index contributed by atoms with van der Waals surface area (Å²) in [6, 6.07) is 0. The van der Waals surface area contributed by atoms with Crippen molar-refractivity contribution < 1.29 is 18.7 Å². The molecule has 0 N–H and O–H groups in total. The molecule has 1 spiro atoms. The number of halogens is 1. The SMILES string of the molecule is CC1(C(=O)N2CCC3(CC2)OCCO3)CC1F. The number of ether oxygens (including phenoxy) is 2. The molecule has 17 heavy (non-hydrogen) atoms. The van der Waals surface area contributed by atoms with Crippen LogP contribution in [-0.4, -0.2) is 49.1 Å². The van der Waals surface area contributed by atoms with Crippen LogP contribution in [0, 0.1) is 5.41 Å². The Kier molecular flexibility index (Phi) is 2.45. The van der Waals surface area contributed by atoms with Gasteiger partial charge in [0, 0.05) is 25.9 Å². The van der Waals surface area contributed by atoms with Crippen LogP contribution in [-0.2, 0) is 14.3 Å². The molecular weight excluding hydrogens is 225 g/mol. The summed E-state index contributed by atoms with van der Waals surface area (Å²) < 4.78 is 24.4. The van der Waals surface area contributed by atoms with Crippen LogP contribution in [0.5, 0.6) is 0 Å². The van der Waals surface area contributed by atoms with Crippen LogP contribution in [0.4, 0.5) is 4.39 Å². The zero-order valence-electron chi connectivity index (χ0n) is 10.1. The molecule has 2 aliphatic heterocycles. The predicted octanol–water partition coefficient (Wildman–Crippen LogP) is 1.10. The number of alkyl halides is 1. The largest absolute Gasteiger partial charge is 0.347 e. The van der Waals surface area contributed by atoms with Crippen LogP contribution in [0.1, 0.15) is 26.2 Å². The highest BCUT2D eigenvalue weighted by molar-refractivity contribution is 5.86. The van der Waals surface area contributed by atoms with E-state index in [1.54, 1.807) is 11.8 Å². The highest BCUT2D eigenvalue weighted by atomic mass is 19.1. The van der Waals surface area contributed by atoms with Crippen LogP contribution in [0.3, 0.4) is 0 Å². The maximum absolute atomic E-state index is 13.2. The smallest absolute Gasteiger partial charge is 0.231 e. The second kappa shape index (κ2) is 3.65. The minimum Gasteiger partial charge on any atom is -0.347 e. The quantitative estimate of drug-likeness (QED) is 0.692. The van der Waals surface area contributed by atoms with Crippen molar-refractivity contribution in [1.29, 1.82) is 0 Å². The minimum absolute atomic E-state index is 0.0437. The van der Waals surface area contributed by atoms with Gasteiger partial charge >= 0.3 is 0 Å². The standard InChI is InChI=1S/C12H18FNO3/c1-11(8-9(11)13)10(15)14-4-2-12(3-5-14)16-6-7-17-12/h9H,2-8H2,1H3. The van der Waals surface area contributed by atoms with Gasteiger partial charge in [-0.2, -0.15) is 0 Å². The summed E-state index contributed by atoms with van der Waals surface area (Å²) in [5.74, 6) is -0.506. The fraction of sp³-hybridized carbons (Fsp3) is 0.917. The number of carbonyl (C=O) groups is 1. The van der Waals surface area contributed by atoms with Crippen molar-refractivity contribution >= 4 is 5.91 Å². The Hall–Kier alpha value is -0.680. The first-order valence-electron chi connectivity index (χ1n) is 6.27. The molecule has 3 fully saturated rings. The second-order valence-corrected chi connectivity index (χ2v) is 5.49. The Bertz CT molecular complexity index is 333. The summed E-state index contributed by atoms with van der Waals surface area (Å²) in [4.78, 5) is 13.9. The zero-order chi connectivity index (χ0) is 12.1. The first-order chi connectivity index (χ1) is 8.06. The Morgan fingerprint density at radius 2 is 1.82 bits per heavy atom. The van der Waals surface area contributed by atoms with Gasteiger partial charge in [-0.3, -0.25) is 4.79 Å². The lowest BCUT2D eigenvalue weighted by atomic mass is 10.0. The molecule has 5 heteroatoms. The zero-order valence-corrected chi connectivity index (χ0v) is 10.1. The molecule has 3 aliphatic rings. The van der Waals surface area contributed by atoms with Crippen molar-refractivity contribution in [3.05, 3.63) is 0 Å². The molecular formula is C12H18FNO3. The van der Waals surface area contributed by atoms with Gasteiger partial charge in [0.15, 0.2) is 5.79 Å². The van der Waals surface area contributed by atoms with Gasteiger partial charge in [0.1, 0.15) is 6.17 Å². The molecule has 1 aliphatic carbocycles. The van der Waals surface area contributed by atoms with Crippen molar-refractivity contribution in [2.24, 2.45) is 5.41 Å². The third-order valence-corrected chi connectivity index (χ3v) is 4.25. The van der Waals surface area contributed by atoms with Gasteiger partial charge in [-0.25, -0.2) is 4.39 Å². The number of rotatable bonds is 1. The monoisotopic (exact) mass is 243 g/mol. The highest BCUT2D eigenvalue weighted by Gasteiger charge is 2.59. The number of likely N-dealkylation sites (tertiary alicyclic amines) is 1. The fourth-order valence-electron chi connectivity index (χ4n) is 2.73. The van der Waals surface area contributed by atoms with E-state index in [-0.39, 0.29) is 5.91 Å². The summed E-state index contributed by atoms with van der Waals surface area (Å²) in [5, 5.41) is 0. The van der Waals surface area contributed by atoms with Crippen molar-refractivity contribution in [2.45, 2.75) is 38.1 Å². The lowest BCUT2D eigenvalue weighted by molar-refractivity contribution is -0.188. The van der Waals surface area contributed by atoms with Gasteiger partial charge in [0.2, 0.25) is 5.91 Å². The number of nitrogens with zero attached hydrogens (tertiary/aromatic N) is 1. The van der Waals surface area contributed by atoms with E-state index >= 15 is 0 Å². The molecule has 2 atom stereocenters. The first kappa shape index (κ1) is 11.4. The van der Waals surface area contributed by atoms with Gasteiger partial charge in [-0.05, 0) is 13.3 Å². The average Bonchev–Trinajstić information content (AvgIpc) is 2.76. The molecule has 0 bridgehead atoms. The Balaban J connectivity index is 1.60. The van der Waals surface area contributed by atoms with E-state index in [1.807, 2.05) is 0 Å². The molecule has 4 nitrogen and oxygen atoms in total. The number of hydrogen-bond acceptors (Lipinski definition) is 3. The second-order valence-electron chi connectivity index (χ2n) is 5.49. The number of carbonyl (C=O) groups excluding carboxylic acids is 1. The van der Waals surface area contributed by atoms with Crippen molar-refractivity contribution in [2.75, 3.05) is 26.3 Å². The highest BCUT2D eigenvalue weighted by Crippen LogP contribution is 2.50. The number of hydrogen-bond donors (Lipinski definition) is 0. The molecule has 0 aromatic heterocycles. The van der Waals surface area contributed by atoms with E-state index in [1.165, 1.54) is 0 Å². The number of amides is 1. The Labute approximate surface area is 100 Å². The summed E-state index contributed by atoms with van der Waals surface area (Å²) in [7, 11) is 0. The summed E-state index contributed by atoms with van der Waals surface area (Å²) in [5.41, 5.74) is -0.748. The molecule has 0 aromatic rings. The topological polar surface area (TPSA) is 38.8 Å². The lowest BCUT2D eigenvalue weighted by Gasteiger charge is -2.38. The van der Waals surface area contributed by atoms with Gasteiger partial charge in [0.25, 0.3) is 0 Å². The third kappa shape index (κ3) is 1.76. The molecule has 2 heterocycles. The van der Waals surface area contributed by atoms with Crippen molar-refractivity contribution in [3.63, 3.8) is 0 Å². The molecule has 0 radical (unpaired) electrons. The first-order valence-corrected chi connectivity index (χ1v) is 6.27. The van der Waals surface area contributed by atoms with Crippen LogP contribution in [0.2, 0.25) is 0 Å². The fourth-order valence-corrected chi connectivity index (χ4v) is 2.73. The predicted molar refractivity (Wildman–Crippen MR) is 58.1 cm³/mol. The lowest BCUT2D eigenvalue weighted by Crippen LogP contribution is -2.49. The summed E-state index contributed by atoms with van der Waals surface area (Å²) in [6.07, 6.45) is 0.822. The third-order valence-electron chi connectivity index (χ3n) is 4.25. The molecule has 0 aromatic carbocycles. The van der Waals surface area contributed by atoms with E-state index in [4.69, 9.17) is 9.47 Å². The van der Waals surface area contributed by atoms with E-state index in [9.17, 15) is 9.18 Å². The van der Waals surface area contributed by atoms with Crippen molar-refractivity contribution in [1.82, 2.24) is 4.90 Å². The van der Waals surface area contributed by atoms with E-state index in [2.05, 4.69) is 0 Å². The molecule has 96 valence electrons. The molecule has 1 amide bonds. The van der Waals surface area contributed by atoms with Crippen molar-refractivity contribution in [3.8, 4) is 0 Å². The average molecular weight is 243 g/mol. The van der Waals surface area contributed by atoms with Crippen LogP contribution < -0.4 is 0 Å². The van der Waals surface area contributed by atoms with Gasteiger partial charge in [-0.15, -0.1) is 0 Å². The van der Waals surface area contributed by atoms with Crippen LogP contribution in [0.15, 0.2) is 0 Å². The van der Waals surface area contributed by atoms with Crippen LogP contribution >= 0.6 is 0 Å². The Morgan fingerprint density at radius 3 is 2.29 bits per heavy atom. The van der Waals surface area contributed by atoms with Gasteiger partial charge in [-0.1, -0.05) is 0 Å². The van der Waals surface area contributed by atoms with E-state index < -0.39 is 17.4 Å². The summed E-state index contributed by atoms with van der Waals surface area (Å²) in [6.45, 7) is 4.21. The molecule has 3 rings (SSSR count). The number of piperidine rings is 1. The van der Waals surface area contributed by atoms with E-state index in [0.717, 1.165) is 0 Å². The van der Waals surface area contributed by atoms with Crippen LogP contribution in [0.25, 0.3) is 0 Å². The maximum Gasteiger partial charge on any atom is 0.231 e. The molecule has 2 unspecified atom stereocenters. The Morgan fingerprint density at radius 1 is 1.29 bits per heavy atom. The van der Waals surface area contributed by atoms with E-state index in [0.29, 0.717) is 45.6 Å². The molecule has 2 saturated heterocycles. The summed E-state index contributed by atoms with van der Waals surface area (Å²) >= 11 is 0. The van der Waals surface area contributed by atoms with Gasteiger partial charge < -0.3 is 14.4 Å².